The molecule has 0 radical (unpaired) electrons. The highest BCUT2D eigenvalue weighted by atomic mass is 19.3. The molecule has 0 aromatic heterocycles. The summed E-state index contributed by atoms with van der Waals surface area (Å²) in [6.07, 6.45) is 0. The maximum Gasteiger partial charge on any atom is 0.495 e. The third-order valence-electron chi connectivity index (χ3n) is 5.81. The van der Waals surface area contributed by atoms with Gasteiger partial charge in [-0.05, 0) is 45.3 Å². The number of carbonyl (C=O) groups is 2. The van der Waals surface area contributed by atoms with Crippen LogP contribution < -0.4 is 15.1 Å². The van der Waals surface area contributed by atoms with Crippen molar-refractivity contribution >= 4 is 30.2 Å². The molecule has 9 nitrogen and oxygen atoms in total. The largest absolute Gasteiger partial charge is 0.495 e. The van der Waals surface area contributed by atoms with Gasteiger partial charge in [-0.3, -0.25) is 0 Å². The van der Waals surface area contributed by atoms with E-state index in [1.807, 2.05) is 27.7 Å². The van der Waals surface area contributed by atoms with Gasteiger partial charge in [-0.25, -0.2) is 9.59 Å². The van der Waals surface area contributed by atoms with Crippen LogP contribution in [0.2, 0.25) is 0 Å². The zero-order chi connectivity index (χ0) is 24.6. The fraction of sp³-hybridized carbons (Fsp3) is 0.524. The number of methoxy groups -OCH3 is 2. The van der Waals surface area contributed by atoms with E-state index in [0.29, 0.717) is 5.46 Å². The summed E-state index contributed by atoms with van der Waals surface area (Å²) in [5, 5.41) is 0. The van der Waals surface area contributed by atoms with E-state index in [9.17, 15) is 18.4 Å². The highest BCUT2D eigenvalue weighted by Crippen LogP contribution is 2.37. The average molecular weight is 469 g/mol. The van der Waals surface area contributed by atoms with Gasteiger partial charge in [0.25, 0.3) is 0 Å². The Labute approximate surface area is 190 Å². The number of hydrogen-bond donors (Lipinski definition) is 0. The Morgan fingerprint density at radius 3 is 2.18 bits per heavy atom. The molecule has 1 aromatic rings. The van der Waals surface area contributed by atoms with Crippen LogP contribution in [-0.2, 0) is 33.1 Å². The summed E-state index contributed by atoms with van der Waals surface area (Å²) in [7, 11) is 1.42. The normalized spacial score (nSPS) is 19.7. The molecule has 3 rings (SSSR count). The molecule has 0 aliphatic carbocycles. The quantitative estimate of drug-likeness (QED) is 0.458. The Morgan fingerprint density at radius 2 is 1.64 bits per heavy atom. The first-order valence-corrected chi connectivity index (χ1v) is 10.1. The first-order valence-electron chi connectivity index (χ1n) is 10.1. The van der Waals surface area contributed by atoms with E-state index in [2.05, 4.69) is 4.74 Å². The fourth-order valence-electron chi connectivity index (χ4n) is 3.40. The number of hydrogen-bond acceptors (Lipinski definition) is 9. The standard InChI is InChI=1S/C21H26BF2NO8/c1-20(2)21(3,4)33-22(32-20)12-7-13(9-14(8-12)31-19(23)24)25-11-30-10-15(17(26)28-5)16(25)18(27)29-6/h7-9,19H,10-11H2,1-6H3. The van der Waals surface area contributed by atoms with Crippen molar-refractivity contribution in [3.8, 4) is 5.75 Å². The number of carbonyl (C=O) groups excluding carboxylic acids is 2. The smallest absolute Gasteiger partial charge is 0.466 e. The van der Waals surface area contributed by atoms with Gasteiger partial charge >= 0.3 is 25.7 Å². The summed E-state index contributed by atoms with van der Waals surface area (Å²) in [5.74, 6) is -1.80. The van der Waals surface area contributed by atoms with Gasteiger partial charge in [-0.1, -0.05) is 0 Å². The molecule has 0 bridgehead atoms. The molecule has 0 atom stereocenters. The van der Waals surface area contributed by atoms with E-state index >= 15 is 0 Å². The minimum Gasteiger partial charge on any atom is -0.466 e. The van der Waals surface area contributed by atoms with Gasteiger partial charge in [0.2, 0.25) is 0 Å². The summed E-state index contributed by atoms with van der Waals surface area (Å²) in [4.78, 5) is 26.1. The lowest BCUT2D eigenvalue weighted by Gasteiger charge is -2.32. The molecule has 33 heavy (non-hydrogen) atoms. The summed E-state index contributed by atoms with van der Waals surface area (Å²) in [6.45, 7) is 3.97. The predicted octanol–water partition coefficient (Wildman–Crippen LogP) is 1.98. The summed E-state index contributed by atoms with van der Waals surface area (Å²) in [6, 6.07) is 4.23. The van der Waals surface area contributed by atoms with Crippen molar-refractivity contribution in [3.63, 3.8) is 0 Å². The Hall–Kier alpha value is -2.70. The third kappa shape index (κ3) is 4.97. The lowest BCUT2D eigenvalue weighted by atomic mass is 9.78. The third-order valence-corrected chi connectivity index (χ3v) is 5.81. The van der Waals surface area contributed by atoms with E-state index in [1.54, 1.807) is 6.07 Å². The molecule has 2 aliphatic heterocycles. The molecular formula is C21H26BF2NO8. The number of ether oxygens (including phenoxy) is 4. The van der Waals surface area contributed by atoms with Crippen LogP contribution in [0.25, 0.3) is 0 Å². The van der Waals surface area contributed by atoms with Crippen LogP contribution in [0, 0.1) is 0 Å². The van der Waals surface area contributed by atoms with Gasteiger partial charge in [-0.2, -0.15) is 8.78 Å². The first kappa shape index (κ1) is 24.9. The molecule has 180 valence electrons. The van der Waals surface area contributed by atoms with Gasteiger partial charge in [0.1, 0.15) is 18.2 Å². The predicted molar refractivity (Wildman–Crippen MR) is 113 cm³/mol. The van der Waals surface area contributed by atoms with E-state index < -0.39 is 36.9 Å². The van der Waals surface area contributed by atoms with Gasteiger partial charge in [0, 0.05) is 11.8 Å². The number of esters is 2. The van der Waals surface area contributed by atoms with Crippen LogP contribution in [0.1, 0.15) is 27.7 Å². The fourth-order valence-corrected chi connectivity index (χ4v) is 3.40. The van der Waals surface area contributed by atoms with Crippen molar-refractivity contribution in [3.05, 3.63) is 29.5 Å². The summed E-state index contributed by atoms with van der Waals surface area (Å²) < 4.78 is 57.9. The van der Waals surface area contributed by atoms with Gasteiger partial charge < -0.3 is 33.2 Å². The lowest BCUT2D eigenvalue weighted by molar-refractivity contribution is -0.140. The van der Waals surface area contributed by atoms with Gasteiger partial charge in [0.15, 0.2) is 0 Å². The lowest BCUT2D eigenvalue weighted by Crippen LogP contribution is -2.41. The molecule has 0 N–H and O–H groups in total. The maximum atomic E-state index is 13.1. The number of alkyl halides is 2. The average Bonchev–Trinajstić information content (AvgIpc) is 2.98. The van der Waals surface area contributed by atoms with Crippen LogP contribution >= 0.6 is 0 Å². The van der Waals surface area contributed by atoms with Crippen molar-refractivity contribution in [2.75, 3.05) is 32.5 Å². The van der Waals surface area contributed by atoms with Crippen LogP contribution in [0.3, 0.4) is 0 Å². The number of anilines is 1. The zero-order valence-electron chi connectivity index (χ0n) is 19.3. The Bertz CT molecular complexity index is 950. The maximum absolute atomic E-state index is 13.1. The van der Waals surface area contributed by atoms with Crippen molar-refractivity contribution in [1.29, 1.82) is 0 Å². The van der Waals surface area contributed by atoms with Crippen molar-refractivity contribution in [2.24, 2.45) is 0 Å². The Morgan fingerprint density at radius 1 is 1.03 bits per heavy atom. The number of rotatable bonds is 6. The molecular weight excluding hydrogens is 443 g/mol. The molecule has 1 aromatic carbocycles. The van der Waals surface area contributed by atoms with Crippen molar-refractivity contribution in [1.82, 2.24) is 0 Å². The summed E-state index contributed by atoms with van der Waals surface area (Å²) >= 11 is 0. The second kappa shape index (κ2) is 9.28. The zero-order valence-corrected chi connectivity index (χ0v) is 19.3. The first-order chi connectivity index (χ1) is 15.4. The number of halogens is 2. The second-order valence-corrected chi connectivity index (χ2v) is 8.44. The molecule has 2 heterocycles. The highest BCUT2D eigenvalue weighted by molar-refractivity contribution is 6.62. The SMILES string of the molecule is COC(=O)C1=C(C(=O)OC)N(c2cc(OC(F)F)cc(B3OC(C)(C)C(C)(C)O3)c2)COC1. The van der Waals surface area contributed by atoms with E-state index in [1.165, 1.54) is 17.0 Å². The van der Waals surface area contributed by atoms with E-state index in [-0.39, 0.29) is 36.0 Å². The number of nitrogens with zero attached hydrogens (tertiary/aromatic N) is 1. The minimum atomic E-state index is -3.09. The summed E-state index contributed by atoms with van der Waals surface area (Å²) in [5.41, 5.74) is -0.977. The van der Waals surface area contributed by atoms with E-state index in [0.717, 1.165) is 14.2 Å². The minimum absolute atomic E-state index is 0.0760. The van der Waals surface area contributed by atoms with Crippen molar-refractivity contribution < 1.29 is 46.6 Å². The van der Waals surface area contributed by atoms with Crippen LogP contribution in [0.5, 0.6) is 5.75 Å². The monoisotopic (exact) mass is 469 g/mol. The molecule has 0 amide bonds. The Kier molecular flexibility index (Phi) is 7.01. The highest BCUT2D eigenvalue weighted by Gasteiger charge is 2.52. The van der Waals surface area contributed by atoms with Crippen LogP contribution in [0.15, 0.2) is 29.5 Å². The topological polar surface area (TPSA) is 92.8 Å². The van der Waals surface area contributed by atoms with Crippen molar-refractivity contribution in [2.45, 2.75) is 45.5 Å². The van der Waals surface area contributed by atoms with Gasteiger partial charge in [-0.15, -0.1) is 0 Å². The molecule has 0 saturated carbocycles. The second-order valence-electron chi connectivity index (χ2n) is 8.44. The van der Waals surface area contributed by atoms with Gasteiger partial charge in [0.05, 0.1) is 37.6 Å². The van der Waals surface area contributed by atoms with E-state index in [4.69, 9.17) is 23.5 Å². The van der Waals surface area contributed by atoms with Crippen LogP contribution in [0.4, 0.5) is 14.5 Å². The molecule has 0 spiro atoms. The number of benzene rings is 1. The molecule has 12 heteroatoms. The Balaban J connectivity index is 2.12. The molecule has 1 fully saturated rings. The molecule has 1 saturated heterocycles. The van der Waals surface area contributed by atoms with Crippen LogP contribution in [-0.4, -0.2) is 64.4 Å². The molecule has 2 aliphatic rings. The molecule has 0 unspecified atom stereocenters.